The fourth-order valence-corrected chi connectivity index (χ4v) is 3.79. The quantitative estimate of drug-likeness (QED) is 0.153. The van der Waals surface area contributed by atoms with Crippen LogP contribution in [0.4, 0.5) is 17.1 Å². The SMILES string of the molecule is NCCCC[C@@H](C(=O)O)N(C(=O)CCCCCN1C(=O)C=CC1=O)c1ccc([N+](=O)[O-])cc1[N+](=O)[O-]. The van der Waals surface area contributed by atoms with Crippen molar-refractivity contribution in [3.05, 3.63) is 50.6 Å². The largest absolute Gasteiger partial charge is 0.480 e. The Labute approximate surface area is 205 Å². The minimum absolute atomic E-state index is 0.0292. The normalized spacial score (nSPS) is 13.6. The van der Waals surface area contributed by atoms with Crippen molar-refractivity contribution in [2.24, 2.45) is 5.73 Å². The molecule has 0 bridgehead atoms. The van der Waals surface area contributed by atoms with Crippen molar-refractivity contribution in [1.29, 1.82) is 0 Å². The Bertz CT molecular complexity index is 1050. The summed E-state index contributed by atoms with van der Waals surface area (Å²) in [5, 5.41) is 32.6. The van der Waals surface area contributed by atoms with Gasteiger partial charge in [-0.2, -0.15) is 0 Å². The Morgan fingerprint density at radius 2 is 1.67 bits per heavy atom. The van der Waals surface area contributed by atoms with Gasteiger partial charge in [0.2, 0.25) is 5.91 Å². The van der Waals surface area contributed by atoms with Crippen LogP contribution in [0, 0.1) is 20.2 Å². The fraction of sp³-hybridized carbons (Fsp3) is 0.455. The molecule has 1 aliphatic heterocycles. The lowest BCUT2D eigenvalue weighted by Gasteiger charge is -2.29. The third kappa shape index (κ3) is 7.15. The van der Waals surface area contributed by atoms with E-state index in [-0.39, 0.29) is 38.0 Å². The maximum Gasteiger partial charge on any atom is 0.326 e. The van der Waals surface area contributed by atoms with Crippen LogP contribution in [-0.4, -0.2) is 62.7 Å². The van der Waals surface area contributed by atoms with Gasteiger partial charge in [-0.1, -0.05) is 6.42 Å². The Kier molecular flexibility index (Phi) is 10.2. The van der Waals surface area contributed by atoms with Crippen molar-refractivity contribution < 1.29 is 34.1 Å². The number of imide groups is 1. The highest BCUT2D eigenvalue weighted by molar-refractivity contribution is 6.12. The number of nitrogens with zero attached hydrogens (tertiary/aromatic N) is 4. The predicted molar refractivity (Wildman–Crippen MR) is 126 cm³/mol. The number of non-ortho nitro benzene ring substituents is 1. The van der Waals surface area contributed by atoms with Gasteiger partial charge in [-0.15, -0.1) is 0 Å². The molecule has 36 heavy (non-hydrogen) atoms. The van der Waals surface area contributed by atoms with Gasteiger partial charge in [-0.25, -0.2) is 4.79 Å². The first-order valence-corrected chi connectivity index (χ1v) is 11.3. The van der Waals surface area contributed by atoms with Gasteiger partial charge in [-0.3, -0.25) is 44.4 Å². The summed E-state index contributed by atoms with van der Waals surface area (Å²) in [6.07, 6.45) is 4.02. The van der Waals surface area contributed by atoms with Gasteiger partial charge in [0.05, 0.1) is 15.9 Å². The number of nitro benzene ring substituents is 2. The molecule has 1 aromatic rings. The number of nitrogens with two attached hydrogens (primary N) is 1. The van der Waals surface area contributed by atoms with Crippen molar-refractivity contribution in [3.8, 4) is 0 Å². The Hall–Kier alpha value is -4.20. The van der Waals surface area contributed by atoms with E-state index in [1.807, 2.05) is 0 Å². The first-order chi connectivity index (χ1) is 17.1. The van der Waals surface area contributed by atoms with E-state index in [9.17, 15) is 44.5 Å². The van der Waals surface area contributed by atoms with E-state index in [0.29, 0.717) is 31.7 Å². The zero-order chi connectivity index (χ0) is 26.8. The number of hydrogen-bond donors (Lipinski definition) is 2. The monoisotopic (exact) mass is 505 g/mol. The summed E-state index contributed by atoms with van der Waals surface area (Å²) in [6, 6.07) is 1.21. The van der Waals surface area contributed by atoms with Crippen LogP contribution in [0.5, 0.6) is 0 Å². The summed E-state index contributed by atoms with van der Waals surface area (Å²) in [7, 11) is 0. The molecular formula is C22H27N5O9. The average Bonchev–Trinajstić information content (AvgIpc) is 3.14. The van der Waals surface area contributed by atoms with E-state index in [1.165, 1.54) is 0 Å². The van der Waals surface area contributed by atoms with E-state index in [1.54, 1.807) is 0 Å². The minimum Gasteiger partial charge on any atom is -0.480 e. The number of aliphatic carboxylic acids is 1. The molecule has 1 aromatic carbocycles. The molecule has 0 aliphatic carbocycles. The van der Waals surface area contributed by atoms with Gasteiger partial charge < -0.3 is 10.8 Å². The summed E-state index contributed by atoms with van der Waals surface area (Å²) >= 11 is 0. The van der Waals surface area contributed by atoms with E-state index in [2.05, 4.69) is 0 Å². The summed E-state index contributed by atoms with van der Waals surface area (Å²) < 4.78 is 0. The van der Waals surface area contributed by atoms with Crippen LogP contribution in [0.1, 0.15) is 44.9 Å². The lowest BCUT2D eigenvalue weighted by molar-refractivity contribution is -0.393. The number of unbranched alkanes of at least 4 members (excludes halogenated alkanes) is 3. The Morgan fingerprint density at radius 1 is 1.00 bits per heavy atom. The number of carboxylic acid groups (broad SMARTS) is 1. The molecule has 14 heteroatoms. The topological polar surface area (TPSA) is 207 Å². The maximum absolute atomic E-state index is 13.2. The standard InChI is InChI=1S/C22H27N5O9/c23-12-4-3-6-17(22(31)32)25(16-9-8-15(26(33)34)14-18(16)27(35)36)21(30)7-2-1-5-13-24-19(28)10-11-20(24)29/h8-11,14,17H,1-7,12-13,23H2,(H,31,32)/t17-/m0/s1. The summed E-state index contributed by atoms with van der Waals surface area (Å²) in [5.74, 6) is -2.93. The van der Waals surface area contributed by atoms with Crippen molar-refractivity contribution in [2.45, 2.75) is 51.0 Å². The van der Waals surface area contributed by atoms with Crippen molar-refractivity contribution in [1.82, 2.24) is 4.90 Å². The molecular weight excluding hydrogens is 478 g/mol. The second kappa shape index (κ2) is 13.0. The average molecular weight is 505 g/mol. The molecule has 0 spiro atoms. The van der Waals surface area contributed by atoms with E-state index >= 15 is 0 Å². The fourth-order valence-electron chi connectivity index (χ4n) is 3.79. The highest BCUT2D eigenvalue weighted by Crippen LogP contribution is 2.35. The number of anilines is 1. The number of amides is 3. The van der Waals surface area contributed by atoms with Crippen LogP contribution >= 0.6 is 0 Å². The number of carbonyl (C=O) groups is 4. The number of nitro groups is 2. The lowest BCUT2D eigenvalue weighted by Crippen LogP contribution is -2.45. The second-order valence-corrected chi connectivity index (χ2v) is 8.06. The Balaban J connectivity index is 2.23. The van der Waals surface area contributed by atoms with Gasteiger partial charge in [-0.05, 0) is 44.7 Å². The summed E-state index contributed by atoms with van der Waals surface area (Å²) in [6.45, 7) is 0.447. The predicted octanol–water partition coefficient (Wildman–Crippen LogP) is 1.90. The smallest absolute Gasteiger partial charge is 0.326 e. The molecule has 0 saturated heterocycles. The van der Waals surface area contributed by atoms with E-state index in [4.69, 9.17) is 5.73 Å². The van der Waals surface area contributed by atoms with Crippen molar-refractivity contribution in [2.75, 3.05) is 18.0 Å². The molecule has 0 radical (unpaired) electrons. The lowest BCUT2D eigenvalue weighted by atomic mass is 10.0. The summed E-state index contributed by atoms with van der Waals surface area (Å²) in [5.41, 5.74) is 3.78. The molecule has 0 aromatic heterocycles. The van der Waals surface area contributed by atoms with Gasteiger partial charge >= 0.3 is 5.97 Å². The zero-order valence-electron chi connectivity index (χ0n) is 19.4. The first kappa shape index (κ1) is 28.0. The number of hydrogen-bond acceptors (Lipinski definition) is 9. The van der Waals surface area contributed by atoms with E-state index < -0.39 is 51.0 Å². The highest BCUT2D eigenvalue weighted by Gasteiger charge is 2.35. The molecule has 3 amide bonds. The summed E-state index contributed by atoms with van der Waals surface area (Å²) in [4.78, 5) is 71.4. The molecule has 194 valence electrons. The van der Waals surface area contributed by atoms with Crippen LogP contribution in [-0.2, 0) is 19.2 Å². The van der Waals surface area contributed by atoms with Gasteiger partial charge in [0.15, 0.2) is 0 Å². The third-order valence-electron chi connectivity index (χ3n) is 5.60. The Morgan fingerprint density at radius 3 is 2.22 bits per heavy atom. The molecule has 3 N–H and O–H groups in total. The zero-order valence-corrected chi connectivity index (χ0v) is 19.4. The third-order valence-corrected chi connectivity index (χ3v) is 5.60. The molecule has 0 saturated carbocycles. The van der Waals surface area contributed by atoms with Gasteiger partial charge in [0.25, 0.3) is 23.2 Å². The maximum atomic E-state index is 13.2. The molecule has 1 heterocycles. The molecule has 0 fully saturated rings. The number of rotatable bonds is 15. The van der Waals surface area contributed by atoms with E-state index in [0.717, 1.165) is 34.1 Å². The first-order valence-electron chi connectivity index (χ1n) is 11.3. The molecule has 0 unspecified atom stereocenters. The second-order valence-electron chi connectivity index (χ2n) is 8.06. The van der Waals surface area contributed by atoms with Crippen LogP contribution in [0.3, 0.4) is 0 Å². The van der Waals surface area contributed by atoms with Crippen LogP contribution in [0.15, 0.2) is 30.4 Å². The van der Waals surface area contributed by atoms with Crippen molar-refractivity contribution >= 4 is 40.8 Å². The van der Waals surface area contributed by atoms with Crippen LogP contribution < -0.4 is 10.6 Å². The van der Waals surface area contributed by atoms with Gasteiger partial charge in [0, 0.05) is 31.2 Å². The van der Waals surface area contributed by atoms with Crippen LogP contribution in [0.25, 0.3) is 0 Å². The number of carbonyl (C=O) groups excluding carboxylic acids is 3. The molecule has 1 atom stereocenters. The number of benzene rings is 1. The molecule has 1 aliphatic rings. The van der Waals surface area contributed by atoms with Crippen LogP contribution in [0.2, 0.25) is 0 Å². The molecule has 2 rings (SSSR count). The van der Waals surface area contributed by atoms with Gasteiger partial charge in [0.1, 0.15) is 11.7 Å². The minimum atomic E-state index is -1.45. The molecule has 14 nitrogen and oxygen atoms in total. The number of carboxylic acids is 1. The van der Waals surface area contributed by atoms with Crippen molar-refractivity contribution in [3.63, 3.8) is 0 Å². The highest BCUT2D eigenvalue weighted by atomic mass is 16.6.